The number of nitrogens with zero attached hydrogens (tertiary/aromatic N) is 5. The lowest BCUT2D eigenvalue weighted by atomic mass is 9.86. The quantitative estimate of drug-likeness (QED) is 0.708. The molecule has 0 aliphatic carbocycles. The van der Waals surface area contributed by atoms with Crippen molar-refractivity contribution < 1.29 is 17.7 Å². The maximum absolute atomic E-state index is 14.0. The Bertz CT molecular complexity index is 852. The van der Waals surface area contributed by atoms with Crippen LogP contribution in [0.5, 0.6) is 0 Å². The molecule has 3 aromatic rings. The Kier molecular flexibility index (Phi) is 3.71. The van der Waals surface area contributed by atoms with Gasteiger partial charge in [-0.1, -0.05) is 11.2 Å². The van der Waals surface area contributed by atoms with Crippen LogP contribution in [0, 0.1) is 0 Å². The predicted octanol–water partition coefficient (Wildman–Crippen LogP) is 3.30. The van der Waals surface area contributed by atoms with Crippen LogP contribution in [0.4, 0.5) is 19.0 Å². The van der Waals surface area contributed by atoms with Gasteiger partial charge in [-0.25, -0.2) is 4.98 Å². The van der Waals surface area contributed by atoms with E-state index in [1.54, 1.807) is 34.8 Å². The molecule has 4 heterocycles. The zero-order valence-corrected chi connectivity index (χ0v) is 13.6. The van der Waals surface area contributed by atoms with Gasteiger partial charge >= 0.3 is 6.18 Å². The first-order valence-electron chi connectivity index (χ1n) is 7.45. The molecule has 3 aromatic heterocycles. The lowest BCUT2D eigenvalue weighted by molar-refractivity contribution is -0.191. The average molecular weight is 367 g/mol. The Labute approximate surface area is 144 Å². The summed E-state index contributed by atoms with van der Waals surface area (Å²) in [5.41, 5.74) is -0.649. The summed E-state index contributed by atoms with van der Waals surface area (Å²) in [7, 11) is 0. The zero-order chi connectivity index (χ0) is 17.5. The van der Waals surface area contributed by atoms with Gasteiger partial charge in [0.1, 0.15) is 5.82 Å². The second-order valence-corrected chi connectivity index (χ2v) is 6.61. The van der Waals surface area contributed by atoms with E-state index < -0.39 is 17.5 Å². The van der Waals surface area contributed by atoms with Gasteiger partial charge < -0.3 is 9.42 Å². The first-order chi connectivity index (χ1) is 12.0. The minimum absolute atomic E-state index is 0.123. The molecule has 0 bridgehead atoms. The van der Waals surface area contributed by atoms with Gasteiger partial charge in [0.15, 0.2) is 5.41 Å². The van der Waals surface area contributed by atoms with Crippen molar-refractivity contribution >= 4 is 17.2 Å². The van der Waals surface area contributed by atoms with Gasteiger partial charge in [-0.2, -0.15) is 18.2 Å². The van der Waals surface area contributed by atoms with Crippen LogP contribution in [0.2, 0.25) is 0 Å². The van der Waals surface area contributed by atoms with Gasteiger partial charge in [0.2, 0.25) is 11.7 Å². The maximum atomic E-state index is 14.0. The highest BCUT2D eigenvalue weighted by atomic mass is 32.1. The molecule has 130 valence electrons. The number of anilines is 1. The van der Waals surface area contributed by atoms with Crippen LogP contribution in [0.1, 0.15) is 12.3 Å². The van der Waals surface area contributed by atoms with Crippen LogP contribution in [0.25, 0.3) is 10.7 Å². The van der Waals surface area contributed by atoms with Gasteiger partial charge in [0.25, 0.3) is 0 Å². The second kappa shape index (κ2) is 5.80. The van der Waals surface area contributed by atoms with Crippen molar-refractivity contribution in [3.8, 4) is 10.7 Å². The number of pyridine rings is 1. The van der Waals surface area contributed by atoms with Gasteiger partial charge in [-0.05, 0) is 18.6 Å². The highest BCUT2D eigenvalue weighted by Crippen LogP contribution is 2.48. The maximum Gasteiger partial charge on any atom is 0.405 e. The number of rotatable bonds is 3. The molecule has 0 radical (unpaired) electrons. The van der Waals surface area contributed by atoms with E-state index in [9.17, 15) is 13.2 Å². The molecular weight excluding hydrogens is 355 g/mol. The normalized spacial score (nSPS) is 21.0. The van der Waals surface area contributed by atoms with Crippen molar-refractivity contribution in [2.75, 3.05) is 18.0 Å². The van der Waals surface area contributed by atoms with E-state index in [0.29, 0.717) is 10.7 Å². The molecule has 1 aliphatic rings. The highest BCUT2D eigenvalue weighted by molar-refractivity contribution is 7.13. The van der Waals surface area contributed by atoms with E-state index in [4.69, 9.17) is 4.52 Å². The molecule has 25 heavy (non-hydrogen) atoms. The minimum atomic E-state index is -4.52. The van der Waals surface area contributed by atoms with Crippen molar-refractivity contribution in [2.24, 2.45) is 0 Å². The summed E-state index contributed by atoms with van der Waals surface area (Å²) in [5.74, 6) is 0.204. The third kappa shape index (κ3) is 2.66. The number of thiazole rings is 1. The van der Waals surface area contributed by atoms with Gasteiger partial charge in [-0.15, -0.1) is 11.3 Å². The largest absolute Gasteiger partial charge is 0.405 e. The first-order valence-corrected chi connectivity index (χ1v) is 8.33. The van der Waals surface area contributed by atoms with Crippen molar-refractivity contribution in [2.45, 2.75) is 18.0 Å². The molecule has 0 N–H and O–H groups in total. The molecule has 0 amide bonds. The van der Waals surface area contributed by atoms with Crippen LogP contribution in [0.3, 0.4) is 0 Å². The Balaban J connectivity index is 1.70. The van der Waals surface area contributed by atoms with E-state index in [0.717, 1.165) is 0 Å². The molecular formula is C15H12F3N5OS. The standard InChI is InChI=1S/C15H12F3N5OS/c16-15(17,18)14(4-6-23(8-14)11-3-1-2-5-20-11)13-21-12(22-24-13)10-7-19-9-25-10/h1-3,5,7,9H,4,6,8H2. The number of hydrogen-bond acceptors (Lipinski definition) is 7. The molecule has 0 saturated carbocycles. The van der Waals surface area contributed by atoms with E-state index in [2.05, 4.69) is 20.1 Å². The van der Waals surface area contributed by atoms with Gasteiger partial charge in [-0.3, -0.25) is 4.98 Å². The lowest BCUT2D eigenvalue weighted by Crippen LogP contribution is -2.45. The van der Waals surface area contributed by atoms with Crippen LogP contribution >= 0.6 is 11.3 Å². The Morgan fingerprint density at radius 3 is 2.84 bits per heavy atom. The molecule has 6 nitrogen and oxygen atoms in total. The van der Waals surface area contributed by atoms with Crippen molar-refractivity contribution in [1.29, 1.82) is 0 Å². The molecule has 1 unspecified atom stereocenters. The molecule has 0 spiro atoms. The molecule has 1 fully saturated rings. The molecule has 1 aliphatic heterocycles. The predicted molar refractivity (Wildman–Crippen MR) is 84.2 cm³/mol. The van der Waals surface area contributed by atoms with Gasteiger partial charge in [0.05, 0.1) is 10.4 Å². The van der Waals surface area contributed by atoms with Gasteiger partial charge in [0, 0.05) is 25.5 Å². The third-order valence-electron chi connectivity index (χ3n) is 4.27. The van der Waals surface area contributed by atoms with Crippen LogP contribution in [-0.4, -0.2) is 39.4 Å². The molecule has 1 saturated heterocycles. The Hall–Kier alpha value is -2.49. The second-order valence-electron chi connectivity index (χ2n) is 5.73. The summed E-state index contributed by atoms with van der Waals surface area (Å²) in [5, 5.41) is 3.71. The molecule has 10 heteroatoms. The summed E-state index contributed by atoms with van der Waals surface area (Å²) in [4.78, 5) is 14.2. The van der Waals surface area contributed by atoms with E-state index in [1.165, 1.54) is 17.5 Å². The number of alkyl halides is 3. The van der Waals surface area contributed by atoms with E-state index in [-0.39, 0.29) is 25.3 Å². The number of hydrogen-bond donors (Lipinski definition) is 0. The topological polar surface area (TPSA) is 67.9 Å². The molecule has 0 aromatic carbocycles. The smallest absolute Gasteiger partial charge is 0.355 e. The monoisotopic (exact) mass is 367 g/mol. The van der Waals surface area contributed by atoms with Crippen LogP contribution < -0.4 is 4.90 Å². The molecule has 4 rings (SSSR count). The Morgan fingerprint density at radius 1 is 1.28 bits per heavy atom. The zero-order valence-electron chi connectivity index (χ0n) is 12.8. The van der Waals surface area contributed by atoms with Crippen LogP contribution in [-0.2, 0) is 5.41 Å². The molecule has 1 atom stereocenters. The fraction of sp³-hybridized carbons (Fsp3) is 0.333. The summed E-state index contributed by atoms with van der Waals surface area (Å²) >= 11 is 1.24. The first kappa shape index (κ1) is 16.0. The van der Waals surface area contributed by atoms with E-state index >= 15 is 0 Å². The summed E-state index contributed by atoms with van der Waals surface area (Å²) < 4.78 is 46.9. The summed E-state index contributed by atoms with van der Waals surface area (Å²) in [6.45, 7) is -0.105. The van der Waals surface area contributed by atoms with E-state index in [1.807, 2.05) is 0 Å². The Morgan fingerprint density at radius 2 is 2.16 bits per heavy atom. The summed E-state index contributed by atoms with van der Waals surface area (Å²) in [6, 6.07) is 5.14. The van der Waals surface area contributed by atoms with Crippen molar-refractivity contribution in [3.63, 3.8) is 0 Å². The third-order valence-corrected chi connectivity index (χ3v) is 5.04. The highest BCUT2D eigenvalue weighted by Gasteiger charge is 2.63. The summed E-state index contributed by atoms with van der Waals surface area (Å²) in [6.07, 6.45) is -1.64. The number of halogens is 3. The minimum Gasteiger partial charge on any atom is -0.355 e. The fourth-order valence-electron chi connectivity index (χ4n) is 2.92. The van der Waals surface area contributed by atoms with Crippen molar-refractivity contribution in [1.82, 2.24) is 20.1 Å². The lowest BCUT2D eigenvalue weighted by Gasteiger charge is -2.28. The van der Waals surface area contributed by atoms with Crippen molar-refractivity contribution in [3.05, 3.63) is 42.0 Å². The number of aromatic nitrogens is 4. The average Bonchev–Trinajstić information content (AvgIpc) is 3.33. The van der Waals surface area contributed by atoms with Crippen LogP contribution in [0.15, 0.2) is 40.6 Å². The SMILES string of the molecule is FC(F)(F)C1(c2nc(-c3cncs3)no2)CCN(c2ccccn2)C1. The fourth-order valence-corrected chi connectivity index (χ4v) is 3.46.